The second-order valence-electron chi connectivity index (χ2n) is 5.35. The Hall–Kier alpha value is -1.74. The Morgan fingerprint density at radius 2 is 1.32 bits per heavy atom. The van der Waals surface area contributed by atoms with Gasteiger partial charge < -0.3 is 0 Å². The predicted molar refractivity (Wildman–Crippen MR) is 70.3 cm³/mol. The molecule has 0 unspecified atom stereocenters. The third kappa shape index (κ3) is 3.77. The van der Waals surface area contributed by atoms with Crippen molar-refractivity contribution < 1.29 is 44.3 Å². The lowest BCUT2D eigenvalue weighted by atomic mass is 9.95. The second kappa shape index (κ2) is 6.87. The van der Waals surface area contributed by atoms with Gasteiger partial charge in [0, 0.05) is 5.56 Å². The second-order valence-corrected chi connectivity index (χ2v) is 5.35. The van der Waals surface area contributed by atoms with Crippen LogP contribution < -0.4 is 0 Å². The molecule has 0 bridgehead atoms. The number of benzene rings is 1. The van der Waals surface area contributed by atoms with Gasteiger partial charge in [0.05, 0.1) is 0 Å². The molecule has 0 spiro atoms. The van der Waals surface area contributed by atoms with Gasteiger partial charge in [-0.25, -0.2) is 0 Å². The molecule has 0 amide bonds. The van der Waals surface area contributed by atoms with Gasteiger partial charge in [-0.05, 0) is 18.4 Å². The van der Waals surface area contributed by atoms with E-state index in [1.807, 2.05) is 6.92 Å². The zero-order valence-electron chi connectivity index (χ0n) is 12.7. The molecular formula is C15H13F9O. The molecule has 0 atom stereocenters. The molecule has 0 saturated carbocycles. The molecule has 1 aromatic carbocycles. The number of unbranched alkanes of at least 4 members (excludes halogenated alkanes) is 1. The van der Waals surface area contributed by atoms with Crippen LogP contribution in [0.3, 0.4) is 0 Å². The zero-order chi connectivity index (χ0) is 19.7. The summed E-state index contributed by atoms with van der Waals surface area (Å²) in [5.41, 5.74) is -0.531. The van der Waals surface area contributed by atoms with Crippen LogP contribution in [-0.4, -0.2) is 29.7 Å². The number of Topliss-reactive ketones (excluding diaryl/α,β-unsaturated/α-hetero) is 1. The lowest BCUT2D eigenvalue weighted by molar-refractivity contribution is -0.386. The van der Waals surface area contributed by atoms with Crippen molar-refractivity contribution in [1.29, 1.82) is 0 Å². The smallest absolute Gasteiger partial charge is 0.287 e. The van der Waals surface area contributed by atoms with Crippen LogP contribution in [0.4, 0.5) is 39.5 Å². The van der Waals surface area contributed by atoms with Crippen LogP contribution in [-0.2, 0) is 6.42 Å². The first kappa shape index (κ1) is 21.3. The minimum Gasteiger partial charge on any atom is -0.287 e. The van der Waals surface area contributed by atoms with E-state index in [1.54, 1.807) is 0 Å². The summed E-state index contributed by atoms with van der Waals surface area (Å²) in [6.45, 7) is 1.86. The van der Waals surface area contributed by atoms with Gasteiger partial charge in [0.2, 0.25) is 5.78 Å². The summed E-state index contributed by atoms with van der Waals surface area (Å²) in [6, 6.07) is 3.64. The highest BCUT2D eigenvalue weighted by Crippen LogP contribution is 2.53. The topological polar surface area (TPSA) is 17.1 Å². The number of rotatable bonds is 7. The zero-order valence-corrected chi connectivity index (χ0v) is 12.7. The third-order valence-corrected chi connectivity index (χ3v) is 3.47. The van der Waals surface area contributed by atoms with Gasteiger partial charge in [-0.2, -0.15) is 39.5 Å². The number of aryl methyl sites for hydroxylation is 1. The minimum atomic E-state index is -7.08. The average Bonchev–Trinajstić information content (AvgIpc) is 2.51. The highest BCUT2D eigenvalue weighted by Gasteiger charge is 2.83. The Morgan fingerprint density at radius 3 is 1.72 bits per heavy atom. The van der Waals surface area contributed by atoms with E-state index in [0.717, 1.165) is 18.6 Å². The average molecular weight is 380 g/mol. The molecule has 1 rings (SSSR count). The van der Waals surface area contributed by atoms with E-state index in [9.17, 15) is 44.3 Å². The summed E-state index contributed by atoms with van der Waals surface area (Å²) in [7, 11) is 0. The Morgan fingerprint density at radius 1 is 0.840 bits per heavy atom. The molecule has 1 aromatic rings. The lowest BCUT2D eigenvalue weighted by Crippen LogP contribution is -2.63. The molecule has 0 aliphatic rings. The first-order valence-electron chi connectivity index (χ1n) is 7.04. The largest absolute Gasteiger partial charge is 0.460 e. The molecule has 142 valence electrons. The van der Waals surface area contributed by atoms with Crippen molar-refractivity contribution in [2.45, 2.75) is 50.1 Å². The first-order valence-corrected chi connectivity index (χ1v) is 7.04. The minimum absolute atomic E-state index is 0.490. The Kier molecular flexibility index (Phi) is 5.86. The van der Waals surface area contributed by atoms with Gasteiger partial charge in [0.15, 0.2) is 0 Å². The number of carbonyl (C=O) groups is 1. The Bertz CT molecular complexity index is 602. The predicted octanol–water partition coefficient (Wildman–Crippen LogP) is 5.68. The van der Waals surface area contributed by atoms with Gasteiger partial charge >= 0.3 is 23.9 Å². The van der Waals surface area contributed by atoms with Crippen LogP contribution in [0.15, 0.2) is 24.3 Å². The molecule has 0 fully saturated rings. The Labute approximate surface area is 136 Å². The molecule has 0 saturated heterocycles. The summed E-state index contributed by atoms with van der Waals surface area (Å²) in [5.74, 6) is -23.1. The van der Waals surface area contributed by atoms with Crippen molar-refractivity contribution in [2.24, 2.45) is 0 Å². The molecule has 0 aliphatic heterocycles. The third-order valence-electron chi connectivity index (χ3n) is 3.47. The maximum absolute atomic E-state index is 13.5. The van der Waals surface area contributed by atoms with Crippen LogP contribution in [0.2, 0.25) is 0 Å². The quantitative estimate of drug-likeness (QED) is 0.439. The van der Waals surface area contributed by atoms with E-state index >= 15 is 0 Å². The standard InChI is InChI=1S/C15H13F9O/c1-2-3-4-9-5-7-10(8-6-9)11(25)12(16,17)13(18,19)14(20,21)15(22,23)24/h5-8H,2-4H2,1H3. The van der Waals surface area contributed by atoms with Gasteiger partial charge in [-0.15, -0.1) is 0 Å². The summed E-state index contributed by atoms with van der Waals surface area (Å²) < 4.78 is 115. The van der Waals surface area contributed by atoms with Gasteiger partial charge in [-0.3, -0.25) is 4.79 Å². The van der Waals surface area contributed by atoms with Crippen LogP contribution in [0.5, 0.6) is 0 Å². The van der Waals surface area contributed by atoms with E-state index in [0.29, 0.717) is 30.5 Å². The Balaban J connectivity index is 3.17. The number of halogens is 9. The van der Waals surface area contributed by atoms with Crippen molar-refractivity contribution in [1.82, 2.24) is 0 Å². The maximum atomic E-state index is 13.5. The normalized spacial score (nSPS) is 13.8. The molecule has 10 heteroatoms. The van der Waals surface area contributed by atoms with Crippen molar-refractivity contribution in [3.8, 4) is 0 Å². The van der Waals surface area contributed by atoms with E-state index in [1.165, 1.54) is 0 Å². The van der Waals surface area contributed by atoms with Crippen molar-refractivity contribution in [3.05, 3.63) is 35.4 Å². The van der Waals surface area contributed by atoms with E-state index in [4.69, 9.17) is 0 Å². The van der Waals surface area contributed by atoms with Crippen LogP contribution in [0.25, 0.3) is 0 Å². The molecule has 0 aromatic heterocycles. The molecule has 0 N–H and O–H groups in total. The molecule has 0 radical (unpaired) electrons. The van der Waals surface area contributed by atoms with Crippen molar-refractivity contribution >= 4 is 5.78 Å². The number of hydrogen-bond donors (Lipinski definition) is 0. The molecule has 1 nitrogen and oxygen atoms in total. The van der Waals surface area contributed by atoms with Crippen LogP contribution >= 0.6 is 0 Å². The number of ketones is 1. The highest BCUT2D eigenvalue weighted by atomic mass is 19.4. The number of alkyl halides is 9. The molecular weight excluding hydrogens is 367 g/mol. The number of carbonyl (C=O) groups excluding carboxylic acids is 1. The van der Waals surface area contributed by atoms with Gasteiger partial charge in [0.25, 0.3) is 0 Å². The fourth-order valence-corrected chi connectivity index (χ4v) is 1.90. The maximum Gasteiger partial charge on any atom is 0.460 e. The molecule has 0 heterocycles. The van der Waals surface area contributed by atoms with E-state index in [-0.39, 0.29) is 0 Å². The fourth-order valence-electron chi connectivity index (χ4n) is 1.90. The lowest BCUT2D eigenvalue weighted by Gasteiger charge is -2.32. The summed E-state index contributed by atoms with van der Waals surface area (Å²) in [5, 5.41) is 0. The van der Waals surface area contributed by atoms with Gasteiger partial charge in [0.1, 0.15) is 0 Å². The highest BCUT2D eigenvalue weighted by molar-refractivity contribution is 6.02. The van der Waals surface area contributed by atoms with Crippen molar-refractivity contribution in [2.75, 3.05) is 0 Å². The van der Waals surface area contributed by atoms with Crippen molar-refractivity contribution in [3.63, 3.8) is 0 Å². The SMILES string of the molecule is CCCCc1ccc(C(=O)C(F)(F)C(F)(F)C(F)(F)C(F)(F)F)cc1. The van der Waals surface area contributed by atoms with E-state index in [2.05, 4.69) is 0 Å². The van der Waals surface area contributed by atoms with Gasteiger partial charge in [-0.1, -0.05) is 37.6 Å². The summed E-state index contributed by atoms with van der Waals surface area (Å²) in [4.78, 5) is 11.5. The first-order chi connectivity index (χ1) is 11.2. The molecule has 25 heavy (non-hydrogen) atoms. The van der Waals surface area contributed by atoms with Crippen LogP contribution in [0, 0.1) is 0 Å². The van der Waals surface area contributed by atoms with E-state index < -0.39 is 35.3 Å². The monoisotopic (exact) mass is 380 g/mol. The van der Waals surface area contributed by atoms with Crippen LogP contribution in [0.1, 0.15) is 35.7 Å². The summed E-state index contributed by atoms with van der Waals surface area (Å²) >= 11 is 0. The summed E-state index contributed by atoms with van der Waals surface area (Å²) in [6.07, 6.45) is -4.97. The number of hydrogen-bond acceptors (Lipinski definition) is 1. The fraction of sp³-hybridized carbons (Fsp3) is 0.533. The molecule has 0 aliphatic carbocycles.